The maximum atomic E-state index is 12.8. The lowest BCUT2D eigenvalue weighted by Gasteiger charge is -2.28. The summed E-state index contributed by atoms with van der Waals surface area (Å²) in [7, 11) is 0. The number of amides is 3. The second kappa shape index (κ2) is 12.5. The Kier molecular flexibility index (Phi) is 10.7. The molecule has 5 atom stereocenters. The van der Waals surface area contributed by atoms with Gasteiger partial charge in [0.25, 0.3) is 0 Å². The van der Waals surface area contributed by atoms with E-state index in [9.17, 15) is 29.1 Å². The van der Waals surface area contributed by atoms with Crippen LogP contribution in [-0.2, 0) is 24.0 Å². The van der Waals surface area contributed by atoms with Gasteiger partial charge in [-0.3, -0.25) is 19.2 Å². The molecule has 7 N–H and O–H groups in total. The molecule has 0 aliphatic carbocycles. The predicted molar refractivity (Wildman–Crippen MR) is 111 cm³/mol. The molecule has 5 unspecified atom stereocenters. The third-order valence-electron chi connectivity index (χ3n) is 4.84. The van der Waals surface area contributed by atoms with Crippen LogP contribution in [-0.4, -0.2) is 98.7 Å². The minimum absolute atomic E-state index is 0.198. The fourth-order valence-corrected chi connectivity index (χ4v) is 3.68. The van der Waals surface area contributed by atoms with Crippen molar-refractivity contribution in [3.05, 3.63) is 0 Å². The summed E-state index contributed by atoms with van der Waals surface area (Å²) < 4.78 is 0. The van der Waals surface area contributed by atoms with E-state index >= 15 is 0 Å². The maximum Gasteiger partial charge on any atom is 0.328 e. The van der Waals surface area contributed by atoms with Gasteiger partial charge in [-0.1, -0.05) is 0 Å². The molecule has 12 nitrogen and oxygen atoms in total. The molecule has 0 aromatic rings. The highest BCUT2D eigenvalue weighted by atomic mass is 32.2. The Morgan fingerprint density at radius 3 is 2.35 bits per heavy atom. The number of hydrogen-bond donors (Lipinski definition) is 6. The molecule has 0 aromatic carbocycles. The SMILES string of the molecule is CSCCC(NC(=O)C1CCCN1C(=O)C(N)CC(=O)O)C(=O)NC(C(=O)O)C(C)O. The van der Waals surface area contributed by atoms with Crippen LogP contribution in [0.3, 0.4) is 0 Å². The number of aliphatic hydroxyl groups excluding tert-OH is 1. The first-order valence-electron chi connectivity index (χ1n) is 9.78. The second-order valence-corrected chi connectivity index (χ2v) is 8.29. The number of nitrogens with zero attached hydrogens (tertiary/aromatic N) is 1. The molecule has 1 fully saturated rings. The highest BCUT2D eigenvalue weighted by Crippen LogP contribution is 2.19. The van der Waals surface area contributed by atoms with Crippen molar-refractivity contribution in [2.24, 2.45) is 5.73 Å². The van der Waals surface area contributed by atoms with Crippen molar-refractivity contribution in [3.63, 3.8) is 0 Å². The highest BCUT2D eigenvalue weighted by molar-refractivity contribution is 7.98. The first kappa shape index (κ1) is 26.7. The second-order valence-electron chi connectivity index (χ2n) is 7.30. The summed E-state index contributed by atoms with van der Waals surface area (Å²) in [5.41, 5.74) is 5.64. The number of carbonyl (C=O) groups is 5. The number of aliphatic hydroxyl groups is 1. The minimum atomic E-state index is -1.54. The van der Waals surface area contributed by atoms with Crippen molar-refractivity contribution in [1.82, 2.24) is 15.5 Å². The van der Waals surface area contributed by atoms with E-state index < -0.39 is 66.4 Å². The number of rotatable bonds is 12. The van der Waals surface area contributed by atoms with Crippen LogP contribution < -0.4 is 16.4 Å². The molecule has 176 valence electrons. The van der Waals surface area contributed by atoms with E-state index in [1.807, 2.05) is 0 Å². The molecular weight excluding hydrogens is 432 g/mol. The van der Waals surface area contributed by atoms with Gasteiger partial charge >= 0.3 is 11.9 Å². The van der Waals surface area contributed by atoms with Gasteiger partial charge in [0.05, 0.1) is 18.6 Å². The van der Waals surface area contributed by atoms with Gasteiger partial charge in [0, 0.05) is 6.54 Å². The average molecular weight is 463 g/mol. The van der Waals surface area contributed by atoms with Gasteiger partial charge in [0.1, 0.15) is 12.1 Å². The van der Waals surface area contributed by atoms with E-state index in [1.165, 1.54) is 23.6 Å². The Balaban J connectivity index is 2.90. The van der Waals surface area contributed by atoms with Crippen LogP contribution in [0.2, 0.25) is 0 Å². The van der Waals surface area contributed by atoms with E-state index in [4.69, 9.17) is 15.9 Å². The number of hydrogen-bond acceptors (Lipinski definition) is 8. The molecule has 0 bridgehead atoms. The van der Waals surface area contributed by atoms with Gasteiger partial charge in [-0.15, -0.1) is 0 Å². The lowest BCUT2D eigenvalue weighted by atomic mass is 10.1. The third-order valence-corrected chi connectivity index (χ3v) is 5.48. The summed E-state index contributed by atoms with van der Waals surface area (Å²) in [6.07, 6.45) is 0.904. The van der Waals surface area contributed by atoms with Gasteiger partial charge in [-0.25, -0.2) is 4.79 Å². The van der Waals surface area contributed by atoms with E-state index in [2.05, 4.69) is 10.6 Å². The van der Waals surface area contributed by atoms with E-state index in [0.29, 0.717) is 18.6 Å². The quantitative estimate of drug-likeness (QED) is 0.188. The summed E-state index contributed by atoms with van der Waals surface area (Å²) in [6.45, 7) is 1.45. The molecule has 0 saturated carbocycles. The Morgan fingerprint density at radius 1 is 1.19 bits per heavy atom. The number of carbonyl (C=O) groups excluding carboxylic acids is 3. The zero-order chi connectivity index (χ0) is 23.7. The zero-order valence-electron chi connectivity index (χ0n) is 17.4. The first-order chi connectivity index (χ1) is 14.5. The molecule has 31 heavy (non-hydrogen) atoms. The standard InChI is InChI=1S/C18H30N4O8S/c1-9(23)14(18(29)30)21-15(26)11(5-7-31-2)20-16(27)12-4-3-6-22(12)17(28)10(19)8-13(24)25/h9-12,14,23H,3-8,19H2,1-2H3,(H,20,27)(H,21,26)(H,24,25)(H,29,30). The summed E-state index contributed by atoms with van der Waals surface area (Å²) in [5.74, 6) is -4.21. The summed E-state index contributed by atoms with van der Waals surface area (Å²) in [6, 6.07) is -4.82. The van der Waals surface area contributed by atoms with Crippen LogP contribution in [0.1, 0.15) is 32.6 Å². The monoisotopic (exact) mass is 462 g/mol. The van der Waals surface area contributed by atoms with E-state index in [-0.39, 0.29) is 13.0 Å². The third kappa shape index (κ3) is 7.99. The Hall–Kier alpha value is -2.38. The molecule has 0 spiro atoms. The molecular formula is C18H30N4O8S. The van der Waals surface area contributed by atoms with Crippen molar-refractivity contribution in [2.75, 3.05) is 18.6 Å². The number of carboxylic acids is 2. The molecule has 0 radical (unpaired) electrons. The normalized spacial score (nSPS) is 19.7. The molecule has 1 saturated heterocycles. The number of likely N-dealkylation sites (tertiary alicyclic amines) is 1. The molecule has 3 amide bonds. The molecule has 1 rings (SSSR count). The van der Waals surface area contributed by atoms with E-state index in [1.54, 1.807) is 6.26 Å². The summed E-state index contributed by atoms with van der Waals surface area (Å²) in [4.78, 5) is 61.1. The van der Waals surface area contributed by atoms with Gasteiger partial charge < -0.3 is 36.6 Å². The van der Waals surface area contributed by atoms with Crippen LogP contribution in [0.25, 0.3) is 0 Å². The number of thioether (sulfide) groups is 1. The smallest absolute Gasteiger partial charge is 0.328 e. The maximum absolute atomic E-state index is 12.8. The van der Waals surface area contributed by atoms with Crippen molar-refractivity contribution in [2.45, 2.75) is 62.9 Å². The Bertz CT molecular complexity index is 689. The van der Waals surface area contributed by atoms with Crippen LogP contribution in [0, 0.1) is 0 Å². The lowest BCUT2D eigenvalue weighted by Crippen LogP contribution is -2.58. The molecule has 13 heteroatoms. The largest absolute Gasteiger partial charge is 0.481 e. The van der Waals surface area contributed by atoms with Crippen molar-refractivity contribution < 1.29 is 39.3 Å². The molecule has 1 aliphatic rings. The van der Waals surface area contributed by atoms with Crippen molar-refractivity contribution in [1.29, 1.82) is 0 Å². The number of nitrogens with two attached hydrogens (primary N) is 1. The fourth-order valence-electron chi connectivity index (χ4n) is 3.21. The van der Waals surface area contributed by atoms with Crippen molar-refractivity contribution >= 4 is 41.4 Å². The van der Waals surface area contributed by atoms with Gasteiger partial charge in [0.15, 0.2) is 6.04 Å². The average Bonchev–Trinajstić information content (AvgIpc) is 3.17. The van der Waals surface area contributed by atoms with Crippen LogP contribution in [0.5, 0.6) is 0 Å². The fraction of sp³-hybridized carbons (Fsp3) is 0.722. The lowest BCUT2D eigenvalue weighted by molar-refractivity contribution is -0.145. The zero-order valence-corrected chi connectivity index (χ0v) is 18.3. The molecule has 1 heterocycles. The number of nitrogens with one attached hydrogen (secondary N) is 2. The Morgan fingerprint density at radius 2 is 1.84 bits per heavy atom. The molecule has 1 aliphatic heterocycles. The van der Waals surface area contributed by atoms with Crippen molar-refractivity contribution in [3.8, 4) is 0 Å². The molecule has 0 aromatic heterocycles. The van der Waals surface area contributed by atoms with Gasteiger partial charge in [0.2, 0.25) is 17.7 Å². The first-order valence-corrected chi connectivity index (χ1v) is 11.2. The Labute approximate surface area is 183 Å². The topological polar surface area (TPSA) is 199 Å². The van der Waals surface area contributed by atoms with Gasteiger partial charge in [-0.2, -0.15) is 11.8 Å². The predicted octanol–water partition coefficient (Wildman–Crippen LogP) is -2.03. The number of carboxylic acid groups (broad SMARTS) is 2. The number of aliphatic carboxylic acids is 2. The van der Waals surface area contributed by atoms with Gasteiger partial charge in [-0.05, 0) is 38.2 Å². The van der Waals surface area contributed by atoms with Crippen LogP contribution in [0.4, 0.5) is 0 Å². The van der Waals surface area contributed by atoms with Crippen LogP contribution in [0.15, 0.2) is 0 Å². The van der Waals surface area contributed by atoms with Crippen LogP contribution >= 0.6 is 11.8 Å². The summed E-state index contributed by atoms with van der Waals surface area (Å²) >= 11 is 1.42. The minimum Gasteiger partial charge on any atom is -0.481 e. The summed E-state index contributed by atoms with van der Waals surface area (Å²) in [5, 5.41) is 32.3. The highest BCUT2D eigenvalue weighted by Gasteiger charge is 2.38. The van der Waals surface area contributed by atoms with E-state index in [0.717, 1.165) is 0 Å².